The summed E-state index contributed by atoms with van der Waals surface area (Å²) in [6.45, 7) is 0.717. The smallest absolute Gasteiger partial charge is 0.259 e. The summed E-state index contributed by atoms with van der Waals surface area (Å²) in [5.41, 5.74) is 2.42. The zero-order valence-electron chi connectivity index (χ0n) is 15.6. The van der Waals surface area contributed by atoms with Crippen LogP contribution in [-0.4, -0.2) is 20.2 Å². The summed E-state index contributed by atoms with van der Waals surface area (Å²) in [4.78, 5) is 22.5. The molecule has 3 aromatic heterocycles. The number of aromatic amines is 1. The lowest BCUT2D eigenvalue weighted by molar-refractivity contribution is 0.700. The third-order valence-corrected chi connectivity index (χ3v) is 8.11. The molecule has 0 atom stereocenters. The minimum atomic E-state index is -0.00696. The van der Waals surface area contributed by atoms with Gasteiger partial charge in [-0.15, -0.1) is 21.5 Å². The zero-order valence-corrected chi connectivity index (χ0v) is 18.1. The molecule has 0 saturated heterocycles. The number of hydrogen-bond donors (Lipinski definition) is 2. The van der Waals surface area contributed by atoms with E-state index in [9.17, 15) is 4.79 Å². The molecule has 0 spiro atoms. The number of aryl methyl sites for hydroxylation is 2. The Morgan fingerprint density at radius 3 is 2.86 bits per heavy atom. The van der Waals surface area contributed by atoms with Crippen LogP contribution in [0.5, 0.6) is 0 Å². The highest BCUT2D eigenvalue weighted by Crippen LogP contribution is 2.34. The largest absolute Gasteiger partial charge is 0.356 e. The van der Waals surface area contributed by atoms with Crippen LogP contribution in [0.4, 0.5) is 5.13 Å². The first-order valence-electron chi connectivity index (χ1n) is 9.54. The van der Waals surface area contributed by atoms with E-state index in [0.29, 0.717) is 18.1 Å². The maximum Gasteiger partial charge on any atom is 0.259 e. The fraction of sp³-hybridized carbons (Fsp3) is 0.300. The van der Waals surface area contributed by atoms with E-state index in [1.54, 1.807) is 23.1 Å². The number of benzene rings is 1. The number of aromatic nitrogens is 4. The first-order valence-corrected chi connectivity index (χ1v) is 12.2. The molecule has 3 heterocycles. The molecule has 1 aliphatic rings. The molecule has 0 bridgehead atoms. The molecule has 148 valence electrons. The lowest BCUT2D eigenvalue weighted by Crippen LogP contribution is -2.12. The van der Waals surface area contributed by atoms with E-state index in [-0.39, 0.29) is 5.56 Å². The number of rotatable bonds is 6. The van der Waals surface area contributed by atoms with Gasteiger partial charge in [0, 0.05) is 11.4 Å². The van der Waals surface area contributed by atoms with Gasteiger partial charge in [0.2, 0.25) is 5.13 Å². The van der Waals surface area contributed by atoms with E-state index < -0.39 is 0 Å². The van der Waals surface area contributed by atoms with Crippen molar-refractivity contribution in [2.24, 2.45) is 0 Å². The maximum absolute atomic E-state index is 12.6. The van der Waals surface area contributed by atoms with Gasteiger partial charge in [-0.3, -0.25) is 4.79 Å². The molecule has 5 rings (SSSR count). The molecule has 1 aromatic carbocycles. The van der Waals surface area contributed by atoms with Crippen LogP contribution in [0.3, 0.4) is 0 Å². The Morgan fingerprint density at radius 2 is 1.97 bits per heavy atom. The fourth-order valence-corrected chi connectivity index (χ4v) is 6.42. The van der Waals surface area contributed by atoms with Gasteiger partial charge in [-0.2, -0.15) is 0 Å². The second kappa shape index (κ2) is 8.25. The van der Waals surface area contributed by atoms with Crippen molar-refractivity contribution in [1.82, 2.24) is 20.2 Å². The van der Waals surface area contributed by atoms with Gasteiger partial charge in [0.1, 0.15) is 10.7 Å². The van der Waals surface area contributed by atoms with Crippen molar-refractivity contribution in [3.63, 3.8) is 0 Å². The average molecular weight is 442 g/mol. The van der Waals surface area contributed by atoms with Crippen LogP contribution in [0, 0.1) is 0 Å². The lowest BCUT2D eigenvalue weighted by Gasteiger charge is -2.09. The summed E-state index contributed by atoms with van der Waals surface area (Å²) < 4.78 is 0.855. The molecule has 0 radical (unpaired) electrons. The van der Waals surface area contributed by atoms with Crippen molar-refractivity contribution in [1.29, 1.82) is 0 Å². The third-order valence-electron chi connectivity index (χ3n) is 4.90. The van der Waals surface area contributed by atoms with Crippen molar-refractivity contribution in [3.05, 3.63) is 62.5 Å². The molecule has 0 unspecified atom stereocenters. The number of anilines is 1. The van der Waals surface area contributed by atoms with Crippen molar-refractivity contribution in [2.75, 3.05) is 5.32 Å². The van der Waals surface area contributed by atoms with E-state index in [4.69, 9.17) is 4.98 Å². The van der Waals surface area contributed by atoms with E-state index in [2.05, 4.69) is 32.6 Å². The number of H-pyrrole nitrogens is 1. The average Bonchev–Trinajstić information content (AvgIpc) is 3.35. The number of fused-ring (bicyclic) bond motifs is 3. The summed E-state index contributed by atoms with van der Waals surface area (Å²) in [7, 11) is 0. The van der Waals surface area contributed by atoms with Crippen molar-refractivity contribution < 1.29 is 0 Å². The van der Waals surface area contributed by atoms with E-state index >= 15 is 0 Å². The highest BCUT2D eigenvalue weighted by atomic mass is 32.2. The summed E-state index contributed by atoms with van der Waals surface area (Å²) >= 11 is 4.74. The second-order valence-corrected chi connectivity index (χ2v) is 10.2. The van der Waals surface area contributed by atoms with E-state index in [1.807, 2.05) is 18.2 Å². The summed E-state index contributed by atoms with van der Waals surface area (Å²) in [6.07, 6.45) is 4.44. The summed E-state index contributed by atoms with van der Waals surface area (Å²) in [5, 5.41) is 13.3. The number of thioether (sulfide) groups is 1. The molecular formula is C20H19N5OS3. The predicted molar refractivity (Wildman–Crippen MR) is 120 cm³/mol. The Labute approximate surface area is 179 Å². The minimum Gasteiger partial charge on any atom is -0.356 e. The van der Waals surface area contributed by atoms with Gasteiger partial charge in [0.25, 0.3) is 5.56 Å². The first-order chi connectivity index (χ1) is 14.3. The van der Waals surface area contributed by atoms with Crippen LogP contribution in [-0.2, 0) is 25.1 Å². The van der Waals surface area contributed by atoms with Gasteiger partial charge in [-0.05, 0) is 36.8 Å². The molecule has 0 saturated carbocycles. The Kier molecular flexibility index (Phi) is 5.34. The predicted octanol–water partition coefficient (Wildman–Crippen LogP) is 4.62. The Morgan fingerprint density at radius 1 is 1.10 bits per heavy atom. The second-order valence-electron chi connectivity index (χ2n) is 6.90. The van der Waals surface area contributed by atoms with Gasteiger partial charge in [-0.25, -0.2) is 4.98 Å². The molecular weight excluding hydrogens is 422 g/mol. The van der Waals surface area contributed by atoms with E-state index in [1.165, 1.54) is 33.8 Å². The topological polar surface area (TPSA) is 83.6 Å². The monoisotopic (exact) mass is 441 g/mol. The maximum atomic E-state index is 12.6. The number of thiophene rings is 1. The standard InChI is InChI=1S/C20H19N5OS3/c26-17-16-13-8-4-5-9-14(13)28-18(16)23-15(22-17)11-27-20-25-24-19(29-20)21-10-12-6-2-1-3-7-12/h1-3,6-7H,4-5,8-11H2,(H,21,24)(H,22,23,26). The van der Waals surface area contributed by atoms with Crippen LogP contribution in [0.2, 0.25) is 0 Å². The quantitative estimate of drug-likeness (QED) is 0.425. The van der Waals surface area contributed by atoms with Crippen molar-refractivity contribution in [3.8, 4) is 0 Å². The van der Waals surface area contributed by atoms with Crippen LogP contribution < -0.4 is 10.9 Å². The van der Waals surface area contributed by atoms with Crippen LogP contribution >= 0.6 is 34.4 Å². The van der Waals surface area contributed by atoms with Crippen LogP contribution in [0.25, 0.3) is 10.2 Å². The number of nitrogens with one attached hydrogen (secondary N) is 2. The molecule has 0 fully saturated rings. The molecule has 2 N–H and O–H groups in total. The molecule has 1 aliphatic carbocycles. The normalized spacial score (nSPS) is 13.5. The van der Waals surface area contributed by atoms with Gasteiger partial charge in [-0.1, -0.05) is 53.4 Å². The zero-order chi connectivity index (χ0) is 19.6. The highest BCUT2D eigenvalue weighted by molar-refractivity contribution is 8.00. The van der Waals surface area contributed by atoms with Gasteiger partial charge in [0.15, 0.2) is 4.34 Å². The fourth-order valence-electron chi connectivity index (χ4n) is 3.52. The van der Waals surface area contributed by atoms with Crippen LogP contribution in [0.1, 0.15) is 34.7 Å². The Bertz CT molecular complexity index is 1200. The molecule has 29 heavy (non-hydrogen) atoms. The van der Waals surface area contributed by atoms with Crippen molar-refractivity contribution in [2.45, 2.75) is 42.3 Å². The number of nitrogens with zero attached hydrogens (tertiary/aromatic N) is 3. The lowest BCUT2D eigenvalue weighted by atomic mass is 9.97. The van der Waals surface area contributed by atoms with Gasteiger partial charge in [0.05, 0.1) is 11.1 Å². The van der Waals surface area contributed by atoms with Gasteiger partial charge >= 0.3 is 0 Å². The highest BCUT2D eigenvalue weighted by Gasteiger charge is 2.19. The van der Waals surface area contributed by atoms with E-state index in [0.717, 1.165) is 39.0 Å². The first kappa shape index (κ1) is 18.8. The Hall–Kier alpha value is -2.23. The molecule has 4 aromatic rings. The molecule has 9 heteroatoms. The summed E-state index contributed by atoms with van der Waals surface area (Å²) in [6, 6.07) is 10.2. The van der Waals surface area contributed by atoms with Gasteiger partial charge < -0.3 is 10.3 Å². The molecule has 0 amide bonds. The third kappa shape index (κ3) is 4.08. The molecule has 6 nitrogen and oxygen atoms in total. The number of hydrogen-bond acceptors (Lipinski definition) is 8. The SMILES string of the molecule is O=c1[nH]c(CSc2nnc(NCc3ccccc3)s2)nc2sc3c(c12)CCCC3. The minimum absolute atomic E-state index is 0.00696. The Balaban J connectivity index is 1.26. The van der Waals surface area contributed by atoms with Crippen molar-refractivity contribution >= 4 is 49.8 Å². The van der Waals surface area contributed by atoms with Crippen LogP contribution in [0.15, 0.2) is 39.5 Å². The summed E-state index contributed by atoms with van der Waals surface area (Å²) in [5.74, 6) is 1.27. The molecule has 0 aliphatic heterocycles.